The first-order valence-corrected chi connectivity index (χ1v) is 10.6. The van der Waals surface area contributed by atoms with Gasteiger partial charge in [0.2, 0.25) is 0 Å². The van der Waals surface area contributed by atoms with E-state index >= 15 is 0 Å². The van der Waals surface area contributed by atoms with E-state index in [1.54, 1.807) is 44.3 Å². The number of nitrogens with zero attached hydrogens (tertiary/aromatic N) is 3. The molecule has 0 bridgehead atoms. The predicted octanol–water partition coefficient (Wildman–Crippen LogP) is 2.85. The van der Waals surface area contributed by atoms with Gasteiger partial charge in [-0.05, 0) is 43.7 Å². The fraction of sp³-hybridized carbons (Fsp3) is 0.182. The molecule has 0 saturated heterocycles. The number of esters is 1. The number of carbonyl (C=O) groups is 1. The van der Waals surface area contributed by atoms with E-state index in [0.717, 1.165) is 0 Å². The molecule has 0 spiro atoms. The van der Waals surface area contributed by atoms with Gasteiger partial charge in [-0.3, -0.25) is 14.3 Å². The number of ether oxygens (including phenoxy) is 1. The van der Waals surface area contributed by atoms with Crippen molar-refractivity contribution in [3.8, 4) is 0 Å². The molecule has 6 nitrogen and oxygen atoms in total. The first-order chi connectivity index (χ1) is 14.5. The number of fused-ring (bicyclic) bond motifs is 1. The number of allylic oxidation sites excluding steroid dienone is 1. The molecule has 1 atom stereocenters. The van der Waals surface area contributed by atoms with Crippen molar-refractivity contribution in [3.63, 3.8) is 0 Å². The van der Waals surface area contributed by atoms with Crippen LogP contribution in [0.1, 0.15) is 31.1 Å². The summed E-state index contributed by atoms with van der Waals surface area (Å²) in [5.41, 5.74) is 1.86. The Morgan fingerprint density at radius 3 is 2.73 bits per heavy atom. The molecule has 0 saturated carbocycles. The van der Waals surface area contributed by atoms with Crippen LogP contribution in [0, 0.1) is 0 Å². The van der Waals surface area contributed by atoms with E-state index in [9.17, 15) is 9.59 Å². The molecule has 2 aromatic heterocycles. The summed E-state index contributed by atoms with van der Waals surface area (Å²) >= 11 is 7.72. The average molecular weight is 440 g/mol. The third-order valence-electron chi connectivity index (χ3n) is 4.68. The topological polar surface area (TPSA) is 73.6 Å². The number of aromatic nitrogens is 2. The van der Waals surface area contributed by atoms with Crippen molar-refractivity contribution in [2.45, 2.75) is 19.9 Å². The average Bonchev–Trinajstić information content (AvgIpc) is 3.03. The minimum atomic E-state index is -0.722. The molecule has 30 heavy (non-hydrogen) atoms. The van der Waals surface area contributed by atoms with Gasteiger partial charge in [0.1, 0.15) is 6.04 Å². The Labute approximate surface area is 181 Å². The van der Waals surface area contributed by atoms with Crippen LogP contribution in [-0.2, 0) is 9.53 Å². The predicted molar refractivity (Wildman–Crippen MR) is 116 cm³/mol. The summed E-state index contributed by atoms with van der Waals surface area (Å²) in [7, 11) is 0. The first kappa shape index (κ1) is 20.3. The minimum absolute atomic E-state index is 0.217. The second-order valence-electron chi connectivity index (χ2n) is 6.58. The molecule has 0 N–H and O–H groups in total. The second kappa shape index (κ2) is 8.38. The molecule has 1 aliphatic rings. The van der Waals surface area contributed by atoms with Gasteiger partial charge in [0.25, 0.3) is 5.56 Å². The molecular formula is C22H18ClN3O3S. The Balaban J connectivity index is 1.99. The first-order valence-electron chi connectivity index (χ1n) is 9.36. The molecule has 4 rings (SSSR count). The van der Waals surface area contributed by atoms with E-state index in [1.165, 1.54) is 15.9 Å². The SMILES string of the molecule is CCOC(=O)C1=C(C)N=c2s/c(=C\c3ccccn3)c(=O)n2[C@H]1c1ccccc1Cl. The summed E-state index contributed by atoms with van der Waals surface area (Å²) < 4.78 is 7.26. The van der Waals surface area contributed by atoms with Crippen molar-refractivity contribution < 1.29 is 9.53 Å². The Kier molecular flexibility index (Phi) is 5.65. The lowest BCUT2D eigenvalue weighted by molar-refractivity contribution is -0.139. The van der Waals surface area contributed by atoms with Gasteiger partial charge in [0.15, 0.2) is 4.80 Å². The van der Waals surface area contributed by atoms with Crippen LogP contribution in [0.15, 0.2) is 69.7 Å². The van der Waals surface area contributed by atoms with Crippen molar-refractivity contribution in [3.05, 3.63) is 95.9 Å². The van der Waals surface area contributed by atoms with E-state index in [-0.39, 0.29) is 12.2 Å². The van der Waals surface area contributed by atoms with Gasteiger partial charge in [-0.15, -0.1) is 0 Å². The molecule has 3 heterocycles. The third kappa shape index (κ3) is 3.62. The standard InChI is InChI=1S/C22H18ClN3O3S/c1-3-29-21(28)18-13(2)25-22-26(19(18)15-9-4-5-10-16(15)23)20(27)17(30-22)12-14-8-6-7-11-24-14/h4-12,19H,3H2,1-2H3/b17-12-/t19-/m0/s1. The molecule has 8 heteroatoms. The number of carbonyl (C=O) groups excluding carboxylic acids is 1. The molecule has 0 radical (unpaired) electrons. The van der Waals surface area contributed by atoms with Gasteiger partial charge in [-0.1, -0.05) is 47.2 Å². The van der Waals surface area contributed by atoms with Crippen LogP contribution >= 0.6 is 22.9 Å². The number of benzene rings is 1. The fourth-order valence-electron chi connectivity index (χ4n) is 3.38. The van der Waals surface area contributed by atoms with Gasteiger partial charge in [0.05, 0.1) is 28.1 Å². The van der Waals surface area contributed by atoms with Crippen molar-refractivity contribution in [1.29, 1.82) is 0 Å². The van der Waals surface area contributed by atoms with E-state index in [0.29, 0.717) is 36.9 Å². The van der Waals surface area contributed by atoms with Crippen LogP contribution in [0.3, 0.4) is 0 Å². The molecule has 1 aliphatic heterocycles. The molecule has 152 valence electrons. The lowest BCUT2D eigenvalue weighted by atomic mass is 9.96. The van der Waals surface area contributed by atoms with E-state index in [4.69, 9.17) is 16.3 Å². The molecule has 0 amide bonds. The molecular weight excluding hydrogens is 422 g/mol. The van der Waals surface area contributed by atoms with Crippen molar-refractivity contribution in [2.24, 2.45) is 4.99 Å². The third-order valence-corrected chi connectivity index (χ3v) is 6.01. The van der Waals surface area contributed by atoms with Crippen molar-refractivity contribution in [1.82, 2.24) is 9.55 Å². The highest BCUT2D eigenvalue weighted by Crippen LogP contribution is 2.34. The zero-order valence-corrected chi connectivity index (χ0v) is 17.9. The maximum atomic E-state index is 13.4. The summed E-state index contributed by atoms with van der Waals surface area (Å²) in [5.74, 6) is -0.511. The number of thiazole rings is 1. The zero-order valence-electron chi connectivity index (χ0n) is 16.3. The highest BCUT2D eigenvalue weighted by Gasteiger charge is 2.34. The van der Waals surface area contributed by atoms with Crippen molar-refractivity contribution >= 4 is 35.0 Å². The summed E-state index contributed by atoms with van der Waals surface area (Å²) in [4.78, 5) is 35.5. The Hall–Kier alpha value is -3.03. The molecule has 0 unspecified atom stereocenters. The Bertz CT molecular complexity index is 1330. The van der Waals surface area contributed by atoms with Gasteiger partial charge in [0, 0.05) is 11.2 Å². The molecule has 0 aliphatic carbocycles. The lowest BCUT2D eigenvalue weighted by Crippen LogP contribution is -2.40. The van der Waals surface area contributed by atoms with Gasteiger partial charge in [-0.25, -0.2) is 9.79 Å². The largest absolute Gasteiger partial charge is 0.463 e. The molecule has 3 aromatic rings. The number of pyridine rings is 1. The lowest BCUT2D eigenvalue weighted by Gasteiger charge is -2.25. The highest BCUT2D eigenvalue weighted by molar-refractivity contribution is 7.07. The maximum Gasteiger partial charge on any atom is 0.338 e. The fourth-order valence-corrected chi connectivity index (χ4v) is 4.65. The molecule has 0 fully saturated rings. The monoisotopic (exact) mass is 439 g/mol. The van der Waals surface area contributed by atoms with Crippen LogP contribution in [0.25, 0.3) is 6.08 Å². The zero-order chi connectivity index (χ0) is 21.3. The van der Waals surface area contributed by atoms with Crippen LogP contribution in [-0.4, -0.2) is 22.1 Å². The van der Waals surface area contributed by atoms with Crippen molar-refractivity contribution in [2.75, 3.05) is 6.61 Å². The quantitative estimate of drug-likeness (QED) is 0.586. The normalized spacial score (nSPS) is 16.2. The summed E-state index contributed by atoms with van der Waals surface area (Å²) in [6.07, 6.45) is 3.38. The van der Waals surface area contributed by atoms with Crippen LogP contribution < -0.4 is 14.9 Å². The number of rotatable bonds is 4. The summed E-state index contributed by atoms with van der Waals surface area (Å²) in [6, 6.07) is 11.9. The second-order valence-corrected chi connectivity index (χ2v) is 7.99. The number of hydrogen-bond donors (Lipinski definition) is 0. The number of hydrogen-bond acceptors (Lipinski definition) is 6. The van der Waals surface area contributed by atoms with Crippen LogP contribution in [0.4, 0.5) is 0 Å². The Morgan fingerprint density at radius 1 is 1.27 bits per heavy atom. The van der Waals surface area contributed by atoms with E-state index in [2.05, 4.69) is 9.98 Å². The van der Waals surface area contributed by atoms with Gasteiger partial charge in [-0.2, -0.15) is 0 Å². The van der Waals surface area contributed by atoms with Crippen LogP contribution in [0.5, 0.6) is 0 Å². The summed E-state index contributed by atoms with van der Waals surface area (Å²) in [6.45, 7) is 3.70. The van der Waals surface area contributed by atoms with E-state index in [1.807, 2.05) is 24.3 Å². The smallest absolute Gasteiger partial charge is 0.338 e. The molecule has 1 aromatic carbocycles. The Morgan fingerprint density at radius 2 is 2.03 bits per heavy atom. The summed E-state index contributed by atoms with van der Waals surface area (Å²) in [5, 5.41) is 0.457. The van der Waals surface area contributed by atoms with Crippen LogP contribution in [0.2, 0.25) is 5.02 Å². The highest BCUT2D eigenvalue weighted by atomic mass is 35.5. The maximum absolute atomic E-state index is 13.4. The van der Waals surface area contributed by atoms with E-state index < -0.39 is 12.0 Å². The van der Waals surface area contributed by atoms with Gasteiger partial charge >= 0.3 is 5.97 Å². The minimum Gasteiger partial charge on any atom is -0.463 e. The number of halogens is 1. The van der Waals surface area contributed by atoms with Gasteiger partial charge < -0.3 is 4.74 Å².